The molecule has 1 rings (SSSR count). The van der Waals surface area contributed by atoms with Gasteiger partial charge in [-0.25, -0.2) is 9.59 Å². The molecule has 1 aliphatic heterocycles. The summed E-state index contributed by atoms with van der Waals surface area (Å²) in [5, 5.41) is 10.2. The molecule has 7 nitrogen and oxygen atoms in total. The summed E-state index contributed by atoms with van der Waals surface area (Å²) in [5.74, 6) is -2.89. The van der Waals surface area contributed by atoms with Crippen LogP contribution in [0.1, 0.15) is 34.1 Å². The number of carbonyl (C=O) groups excluding carboxylic acids is 3. The van der Waals surface area contributed by atoms with E-state index in [1.165, 1.54) is 0 Å². The predicted octanol–water partition coefficient (Wildman–Crippen LogP) is -0.0638. The first-order chi connectivity index (χ1) is 8.66. The van der Waals surface area contributed by atoms with Gasteiger partial charge in [0.2, 0.25) is 11.7 Å². The van der Waals surface area contributed by atoms with Crippen LogP contribution in [0.2, 0.25) is 0 Å². The van der Waals surface area contributed by atoms with Gasteiger partial charge in [-0.1, -0.05) is 0 Å². The average Bonchev–Trinajstić information content (AvgIpc) is 2.53. The molecule has 1 heterocycles. The van der Waals surface area contributed by atoms with Gasteiger partial charge in [0, 0.05) is 0 Å². The SMILES string of the molecule is CC(C)OC(=O)[C@H]1OC(=O)C[C@@]1(O)C(=O)OC(C)C. The molecule has 0 aliphatic carbocycles. The van der Waals surface area contributed by atoms with Crippen LogP contribution in [0, 0.1) is 0 Å². The summed E-state index contributed by atoms with van der Waals surface area (Å²) in [5.41, 5.74) is -2.33. The molecule has 2 atom stereocenters. The minimum atomic E-state index is -2.33. The molecule has 1 aliphatic rings. The average molecular weight is 274 g/mol. The third-order valence-corrected chi connectivity index (χ3v) is 2.36. The number of esters is 3. The van der Waals surface area contributed by atoms with Gasteiger partial charge < -0.3 is 19.3 Å². The summed E-state index contributed by atoms with van der Waals surface area (Å²) in [6.07, 6.45) is -3.27. The molecule has 0 spiro atoms. The van der Waals surface area contributed by atoms with E-state index < -0.39 is 48.2 Å². The largest absolute Gasteiger partial charge is 0.461 e. The van der Waals surface area contributed by atoms with E-state index in [2.05, 4.69) is 4.74 Å². The fourth-order valence-corrected chi connectivity index (χ4v) is 1.62. The summed E-state index contributed by atoms with van der Waals surface area (Å²) in [4.78, 5) is 34.8. The molecule has 1 fully saturated rings. The van der Waals surface area contributed by atoms with Crippen LogP contribution >= 0.6 is 0 Å². The molecule has 1 saturated heterocycles. The van der Waals surface area contributed by atoms with E-state index in [0.29, 0.717) is 0 Å². The highest BCUT2D eigenvalue weighted by Crippen LogP contribution is 2.30. The van der Waals surface area contributed by atoms with E-state index in [0.717, 1.165) is 0 Å². The normalized spacial score (nSPS) is 26.5. The van der Waals surface area contributed by atoms with Crippen molar-refractivity contribution >= 4 is 17.9 Å². The van der Waals surface area contributed by atoms with Crippen LogP contribution in [-0.4, -0.2) is 46.9 Å². The van der Waals surface area contributed by atoms with Gasteiger partial charge in [0.1, 0.15) is 0 Å². The fourth-order valence-electron chi connectivity index (χ4n) is 1.62. The Balaban J connectivity index is 2.92. The van der Waals surface area contributed by atoms with E-state index in [1.54, 1.807) is 27.7 Å². The zero-order chi connectivity index (χ0) is 14.8. The Morgan fingerprint density at radius 2 is 1.79 bits per heavy atom. The van der Waals surface area contributed by atoms with Crippen molar-refractivity contribution < 1.29 is 33.7 Å². The Morgan fingerprint density at radius 3 is 2.26 bits per heavy atom. The Kier molecular flexibility index (Phi) is 4.52. The number of rotatable bonds is 4. The first-order valence-electron chi connectivity index (χ1n) is 6.00. The quantitative estimate of drug-likeness (QED) is 0.566. The highest BCUT2D eigenvalue weighted by Gasteiger charge is 2.59. The predicted molar refractivity (Wildman–Crippen MR) is 61.9 cm³/mol. The standard InChI is InChI=1S/C12H18O7/c1-6(2)17-10(14)9-12(16,5-8(13)19-9)11(15)18-7(3)4/h6-7,9,16H,5H2,1-4H3/t9-,12+/m1/s1. The lowest BCUT2D eigenvalue weighted by atomic mass is 9.95. The maximum Gasteiger partial charge on any atom is 0.351 e. The maximum absolute atomic E-state index is 11.8. The summed E-state index contributed by atoms with van der Waals surface area (Å²) in [6.45, 7) is 6.36. The van der Waals surface area contributed by atoms with Gasteiger partial charge in [-0.15, -0.1) is 0 Å². The second-order valence-corrected chi connectivity index (χ2v) is 4.91. The third kappa shape index (κ3) is 3.44. The van der Waals surface area contributed by atoms with Gasteiger partial charge in [-0.3, -0.25) is 4.79 Å². The second-order valence-electron chi connectivity index (χ2n) is 4.91. The van der Waals surface area contributed by atoms with Gasteiger partial charge >= 0.3 is 17.9 Å². The molecule has 1 N–H and O–H groups in total. The van der Waals surface area contributed by atoms with Gasteiger partial charge in [-0.2, -0.15) is 0 Å². The van der Waals surface area contributed by atoms with Gasteiger partial charge in [0.25, 0.3) is 0 Å². The Hall–Kier alpha value is -1.63. The van der Waals surface area contributed by atoms with Crippen molar-refractivity contribution in [2.75, 3.05) is 0 Å². The molecule has 19 heavy (non-hydrogen) atoms. The van der Waals surface area contributed by atoms with Crippen molar-refractivity contribution in [1.29, 1.82) is 0 Å². The van der Waals surface area contributed by atoms with Crippen LogP contribution in [-0.2, 0) is 28.6 Å². The Labute approximate surface area is 110 Å². The summed E-state index contributed by atoms with van der Waals surface area (Å²) in [6, 6.07) is 0. The lowest BCUT2D eigenvalue weighted by Gasteiger charge is -2.25. The van der Waals surface area contributed by atoms with Crippen molar-refractivity contribution in [3.63, 3.8) is 0 Å². The first-order valence-corrected chi connectivity index (χ1v) is 6.00. The molecule has 7 heteroatoms. The zero-order valence-corrected chi connectivity index (χ0v) is 11.3. The van der Waals surface area contributed by atoms with Crippen LogP contribution < -0.4 is 0 Å². The highest BCUT2D eigenvalue weighted by atomic mass is 16.6. The fraction of sp³-hybridized carbons (Fsp3) is 0.750. The van der Waals surface area contributed by atoms with E-state index in [9.17, 15) is 19.5 Å². The van der Waals surface area contributed by atoms with Crippen molar-refractivity contribution in [3.8, 4) is 0 Å². The first kappa shape index (κ1) is 15.4. The van der Waals surface area contributed by atoms with Gasteiger partial charge in [0.05, 0.1) is 18.6 Å². The number of hydrogen-bond acceptors (Lipinski definition) is 7. The van der Waals surface area contributed by atoms with E-state index in [4.69, 9.17) is 9.47 Å². The molecular formula is C12H18O7. The van der Waals surface area contributed by atoms with Crippen LogP contribution in [0.25, 0.3) is 0 Å². The van der Waals surface area contributed by atoms with Crippen molar-refractivity contribution in [3.05, 3.63) is 0 Å². The topological polar surface area (TPSA) is 99.1 Å². The molecular weight excluding hydrogens is 256 g/mol. The highest BCUT2D eigenvalue weighted by molar-refractivity contribution is 5.97. The van der Waals surface area contributed by atoms with Gasteiger partial charge in [-0.05, 0) is 27.7 Å². The zero-order valence-electron chi connectivity index (χ0n) is 11.3. The third-order valence-electron chi connectivity index (χ3n) is 2.36. The summed E-state index contributed by atoms with van der Waals surface area (Å²) in [7, 11) is 0. The van der Waals surface area contributed by atoms with Crippen molar-refractivity contribution in [1.82, 2.24) is 0 Å². The molecule has 0 bridgehead atoms. The lowest BCUT2D eigenvalue weighted by molar-refractivity contribution is -0.187. The Morgan fingerprint density at radius 1 is 1.26 bits per heavy atom. The maximum atomic E-state index is 11.8. The number of ether oxygens (including phenoxy) is 3. The van der Waals surface area contributed by atoms with Gasteiger partial charge in [0.15, 0.2) is 0 Å². The van der Waals surface area contributed by atoms with E-state index >= 15 is 0 Å². The molecule has 0 unspecified atom stereocenters. The van der Waals surface area contributed by atoms with E-state index in [1.807, 2.05) is 0 Å². The molecule has 0 radical (unpaired) electrons. The van der Waals surface area contributed by atoms with E-state index in [-0.39, 0.29) is 0 Å². The monoisotopic (exact) mass is 274 g/mol. The number of carbonyl (C=O) groups is 3. The van der Waals surface area contributed by atoms with Crippen molar-refractivity contribution in [2.45, 2.75) is 58.0 Å². The molecule has 108 valence electrons. The van der Waals surface area contributed by atoms with Crippen LogP contribution in [0.3, 0.4) is 0 Å². The molecule has 0 saturated carbocycles. The minimum absolute atomic E-state index is 0.461. The smallest absolute Gasteiger partial charge is 0.351 e. The van der Waals surface area contributed by atoms with Crippen LogP contribution in [0.4, 0.5) is 0 Å². The second kappa shape index (κ2) is 5.56. The van der Waals surface area contributed by atoms with Crippen LogP contribution in [0.5, 0.6) is 0 Å². The summed E-state index contributed by atoms with van der Waals surface area (Å²) >= 11 is 0. The molecule has 0 aromatic rings. The lowest BCUT2D eigenvalue weighted by Crippen LogP contribution is -2.52. The minimum Gasteiger partial charge on any atom is -0.461 e. The van der Waals surface area contributed by atoms with Crippen LogP contribution in [0.15, 0.2) is 0 Å². The molecule has 0 amide bonds. The summed E-state index contributed by atoms with van der Waals surface area (Å²) < 4.78 is 14.4. The molecule has 0 aromatic carbocycles. The molecule has 0 aromatic heterocycles. The van der Waals surface area contributed by atoms with Crippen molar-refractivity contribution in [2.24, 2.45) is 0 Å². The Bertz CT molecular complexity index is 388. The number of cyclic esters (lactones) is 1. The number of hydrogen-bond donors (Lipinski definition) is 1. The number of aliphatic hydroxyl groups is 1.